The number of hydrogen-bond acceptors (Lipinski definition) is 16. The zero-order chi connectivity index (χ0) is 67.6. The third kappa shape index (κ3) is 19.9. The first-order valence-corrected chi connectivity index (χ1v) is 31.6. The van der Waals surface area contributed by atoms with Crippen molar-refractivity contribution in [1.29, 1.82) is 0 Å². The summed E-state index contributed by atoms with van der Waals surface area (Å²) in [5.74, 6) is -6.64. The molecule has 16 nitrogen and oxygen atoms in total. The molecule has 0 heterocycles. The van der Waals surface area contributed by atoms with E-state index in [4.69, 9.17) is 108 Å². The van der Waals surface area contributed by atoms with Gasteiger partial charge in [-0.1, -0.05) is 215 Å². The lowest BCUT2D eigenvalue weighted by Crippen LogP contribution is -2.17. The topological polar surface area (TPSA) is 210 Å². The van der Waals surface area contributed by atoms with Gasteiger partial charge in [0.1, 0.15) is 0 Å². The van der Waals surface area contributed by atoms with Crippen LogP contribution in [0.25, 0.3) is 66.8 Å². The molecule has 0 amide bonds. The highest BCUT2D eigenvalue weighted by Gasteiger charge is 2.32. The molecular formula is C70H66Cl6O16. The number of carbonyl (C=O) groups excluding carboxylic acids is 8. The van der Waals surface area contributed by atoms with Crippen LogP contribution in [0.5, 0.6) is 0 Å². The normalized spacial score (nSPS) is 15.2. The molecular weight excluding hydrogens is 1310 g/mol. The first kappa shape index (κ1) is 74.5. The Morgan fingerprint density at radius 2 is 0.283 bits per heavy atom. The molecule has 6 aromatic rings. The van der Waals surface area contributed by atoms with Crippen molar-refractivity contribution in [3.63, 3.8) is 0 Å². The van der Waals surface area contributed by atoms with Crippen molar-refractivity contribution in [3.05, 3.63) is 190 Å². The lowest BCUT2D eigenvalue weighted by Gasteiger charge is -2.18. The van der Waals surface area contributed by atoms with Gasteiger partial charge in [-0.2, -0.15) is 0 Å². The van der Waals surface area contributed by atoms with Crippen LogP contribution in [0.4, 0.5) is 0 Å². The molecule has 0 radical (unpaired) electrons. The van der Waals surface area contributed by atoms with E-state index in [1.807, 2.05) is 0 Å². The summed E-state index contributed by atoms with van der Waals surface area (Å²) in [6.07, 6.45) is 0. The highest BCUT2D eigenvalue weighted by atomic mass is 35.6. The lowest BCUT2D eigenvalue weighted by molar-refractivity contribution is -0.138. The Balaban J connectivity index is 0.00000181. The monoisotopic (exact) mass is 1370 g/mol. The Morgan fingerprint density at radius 1 is 0.207 bits per heavy atom. The van der Waals surface area contributed by atoms with E-state index in [0.29, 0.717) is 44.5 Å². The van der Waals surface area contributed by atoms with E-state index >= 15 is 0 Å². The van der Waals surface area contributed by atoms with E-state index < -0.39 is 56.3 Å². The average molecular weight is 1380 g/mol. The molecule has 484 valence electrons. The van der Waals surface area contributed by atoms with Gasteiger partial charge in [-0.25, -0.2) is 38.4 Å². The van der Waals surface area contributed by atoms with Crippen molar-refractivity contribution in [2.75, 3.05) is 52.9 Å². The summed E-state index contributed by atoms with van der Waals surface area (Å²) in [5.41, 5.74) is 3.62. The molecule has 0 saturated carbocycles. The highest BCUT2D eigenvalue weighted by molar-refractivity contribution is 6.63. The zero-order valence-electron chi connectivity index (χ0n) is 51.5. The Bertz CT molecular complexity index is 3220. The molecule has 12 bridgehead atoms. The molecule has 0 aliphatic heterocycles. The lowest BCUT2D eigenvalue weighted by atomic mass is 9.89. The second kappa shape index (κ2) is 37.3. The number of benzene rings is 6. The molecule has 16 rings (SSSR count). The molecule has 0 saturated heterocycles. The van der Waals surface area contributed by atoms with Crippen molar-refractivity contribution in [1.82, 2.24) is 0 Å². The Hall–Kier alpha value is -8.22. The minimum atomic E-state index is -0.839. The predicted molar refractivity (Wildman–Crippen MR) is 360 cm³/mol. The van der Waals surface area contributed by atoms with Crippen LogP contribution in [-0.4, -0.2) is 109 Å². The second-order valence-corrected chi connectivity index (χ2v) is 22.7. The predicted octanol–water partition coefficient (Wildman–Crippen LogP) is 15.5. The highest BCUT2D eigenvalue weighted by Crippen LogP contribution is 2.38. The minimum Gasteiger partial charge on any atom is -0.462 e. The summed E-state index contributed by atoms with van der Waals surface area (Å²) >= 11 is 28.8. The minimum absolute atomic E-state index is 0.0312. The molecule has 0 spiro atoms. The molecule has 0 aromatic heterocycles. The molecule has 0 unspecified atom stereocenters. The van der Waals surface area contributed by atoms with Crippen LogP contribution in [-0.2, 0) is 76.3 Å². The second-order valence-electron chi connectivity index (χ2n) is 18.7. The van der Waals surface area contributed by atoms with Gasteiger partial charge >= 0.3 is 47.8 Å². The average Bonchev–Trinajstić information content (AvgIpc) is 0.831. The van der Waals surface area contributed by atoms with E-state index in [0.717, 1.165) is 0 Å². The van der Waals surface area contributed by atoms with Crippen LogP contribution >= 0.6 is 69.6 Å². The molecule has 6 aromatic carbocycles. The Morgan fingerprint density at radius 3 is 0.359 bits per heavy atom. The molecule has 10 aliphatic rings. The van der Waals surface area contributed by atoms with Crippen LogP contribution in [0.1, 0.15) is 99.9 Å². The van der Waals surface area contributed by atoms with Crippen molar-refractivity contribution in [3.8, 4) is 22.3 Å². The third-order valence-corrected chi connectivity index (χ3v) is 13.1. The van der Waals surface area contributed by atoms with E-state index in [-0.39, 0.29) is 120 Å². The van der Waals surface area contributed by atoms with E-state index in [1.165, 1.54) is 48.5 Å². The van der Waals surface area contributed by atoms with E-state index in [2.05, 4.69) is 0 Å². The molecule has 0 N–H and O–H groups in total. The van der Waals surface area contributed by atoms with Gasteiger partial charge in [0.2, 0.25) is 0 Å². The molecule has 0 fully saturated rings. The van der Waals surface area contributed by atoms with Crippen molar-refractivity contribution in [2.45, 2.75) is 64.0 Å². The Kier molecular flexibility index (Phi) is 30.2. The van der Waals surface area contributed by atoms with Crippen LogP contribution in [0, 0.1) is 0 Å². The number of ether oxygens (including phenoxy) is 8. The van der Waals surface area contributed by atoms with Gasteiger partial charge in [-0.3, -0.25) is 0 Å². The zero-order valence-corrected chi connectivity index (χ0v) is 56.0. The van der Waals surface area contributed by atoms with Gasteiger partial charge in [0.25, 0.3) is 0 Å². The van der Waals surface area contributed by atoms with Gasteiger partial charge in [-0.15, -0.1) is 0 Å². The fraction of sp³-hybridized carbons (Fsp3) is 0.257. The Labute approximate surface area is 563 Å². The summed E-state index contributed by atoms with van der Waals surface area (Å²) in [7, 11) is 0. The number of alkyl halides is 6. The van der Waals surface area contributed by atoms with Gasteiger partial charge < -0.3 is 37.9 Å². The summed E-state index contributed by atoms with van der Waals surface area (Å²) in [5, 5.41) is 0. The maximum absolute atomic E-state index is 14.2. The van der Waals surface area contributed by atoms with Gasteiger partial charge in [0.05, 0.1) is 97.4 Å². The third-order valence-electron chi connectivity index (χ3n) is 13.1. The number of halogens is 6. The SMILES string of the molecule is CCOC(=O)/C1=C(\C(=O)OCC)c2ccc(cc2)-c2ccc(cc2)/C(C(=O)OCC)=C(/C(=O)OCC)c2ccc(cc2)/C(C(=O)OCC)=C(/C(=O)OCC)c2ccc(cc2)-c2ccc(cc2)/C(C(=O)OCC)=C(/C(=O)OCC)c2ccc1cc2.ClC(Cl)Cl.ClC(Cl)Cl. The number of rotatable bonds is 16. The van der Waals surface area contributed by atoms with Crippen LogP contribution in [0.3, 0.4) is 0 Å². The van der Waals surface area contributed by atoms with Gasteiger partial charge in [0.15, 0.2) is 8.59 Å². The standard InChI is InChI=1S/C68H64O16.2CHCl3/c1-9-77-61(69)53-45-25-17-41(18-26-45)42-19-27-46(28-20-42)55(63(71)79-11-3)59(67(75)83-15-7)51-37-39-52(40-38-51)60(68(76)84-16-8)56(64(72)80-12-4)48-31-23-44(24-32-48)43-21-29-47(30-22-43)54(62(70)78-10-2)58(66(74)82-14-6)50-35-33-49(34-36-50)57(53)65(73)81-13-5;2*2-1(3)4/h17-40H,9-16H2,1-8H3;2*1H/b42-41?,44-43?,53-45?,54-47?,55-46?,56-48?,57-49?,57-53-,58-50?,58-54-,59-51?,59-55-,60-52?,60-56-;;. The maximum atomic E-state index is 14.2. The van der Waals surface area contributed by atoms with Crippen molar-refractivity contribution >= 4 is 162 Å². The van der Waals surface area contributed by atoms with Gasteiger partial charge in [-0.05, 0) is 122 Å². The van der Waals surface area contributed by atoms with Crippen molar-refractivity contribution < 1.29 is 76.3 Å². The fourth-order valence-corrected chi connectivity index (χ4v) is 9.46. The largest absolute Gasteiger partial charge is 0.462 e. The van der Waals surface area contributed by atoms with Gasteiger partial charge in [0, 0.05) is 0 Å². The quantitative estimate of drug-likeness (QED) is 0.0501. The van der Waals surface area contributed by atoms with Crippen LogP contribution < -0.4 is 0 Å². The number of hydrogen-bond donors (Lipinski definition) is 0. The van der Waals surface area contributed by atoms with Crippen molar-refractivity contribution in [2.24, 2.45) is 0 Å². The summed E-state index contributed by atoms with van der Waals surface area (Å²) in [4.78, 5) is 113. The molecule has 92 heavy (non-hydrogen) atoms. The van der Waals surface area contributed by atoms with E-state index in [1.54, 1.807) is 152 Å². The van der Waals surface area contributed by atoms with Crippen LogP contribution in [0.15, 0.2) is 146 Å². The maximum Gasteiger partial charge on any atom is 0.339 e. The summed E-state index contributed by atoms with van der Waals surface area (Å²) < 4.78 is 43.0. The first-order chi connectivity index (χ1) is 44.1. The molecule has 22 heteroatoms. The number of esters is 8. The molecule has 10 aliphatic carbocycles. The number of carbonyl (C=O) groups is 8. The molecule has 0 atom stereocenters. The summed E-state index contributed by atoms with van der Waals surface area (Å²) in [6, 6.07) is 39.1. The fourth-order valence-electron chi connectivity index (χ4n) is 9.46. The summed E-state index contributed by atoms with van der Waals surface area (Å²) in [6.45, 7) is 12.7. The first-order valence-electron chi connectivity index (χ1n) is 29.0. The smallest absolute Gasteiger partial charge is 0.339 e. The van der Waals surface area contributed by atoms with Crippen LogP contribution in [0.2, 0.25) is 0 Å². The van der Waals surface area contributed by atoms with E-state index in [9.17, 15) is 38.4 Å².